The van der Waals surface area contributed by atoms with Gasteiger partial charge < -0.3 is 87.9 Å². The summed E-state index contributed by atoms with van der Waals surface area (Å²) in [5, 5.41) is 79.9. The minimum atomic E-state index is -1.83. The molecular formula is C57H100O21. The van der Waals surface area contributed by atoms with Crippen LogP contribution < -0.4 is 0 Å². The number of ether oxygens (including phenoxy) is 11. The van der Waals surface area contributed by atoms with Crippen molar-refractivity contribution >= 4 is 17.9 Å². The number of rotatable bonds is 23. The van der Waals surface area contributed by atoms with Gasteiger partial charge in [0.1, 0.15) is 61.0 Å². The highest BCUT2D eigenvalue weighted by molar-refractivity contribution is 5.72. The number of carbonyl (C=O) groups excluding carboxylic acids is 3. The van der Waals surface area contributed by atoms with Gasteiger partial charge in [-0.25, -0.2) is 0 Å². The van der Waals surface area contributed by atoms with Gasteiger partial charge in [-0.15, -0.1) is 0 Å². The molecule has 5 aliphatic heterocycles. The lowest BCUT2D eigenvalue weighted by atomic mass is 9.95. The van der Waals surface area contributed by atoms with E-state index >= 15 is 0 Å². The number of fused-ring (bicyclic) bond motifs is 3. The van der Waals surface area contributed by atoms with E-state index in [0.717, 1.165) is 96.3 Å². The summed E-state index contributed by atoms with van der Waals surface area (Å²) in [5.41, 5.74) is 0. The van der Waals surface area contributed by atoms with Crippen LogP contribution in [-0.4, -0.2) is 189 Å². The normalized spacial score (nSPS) is 39.1. The quantitative estimate of drug-likeness (QED) is 0.0380. The molecule has 21 heteroatoms. The van der Waals surface area contributed by atoms with E-state index in [-0.39, 0.29) is 18.9 Å². The van der Waals surface area contributed by atoms with Crippen LogP contribution in [0, 0.1) is 5.92 Å². The molecule has 2 bridgehead atoms. The van der Waals surface area contributed by atoms with Crippen LogP contribution in [-0.2, 0) is 66.5 Å². The minimum Gasteiger partial charge on any atom is -0.457 e. The van der Waals surface area contributed by atoms with Crippen LogP contribution in [0.3, 0.4) is 0 Å². The summed E-state index contributed by atoms with van der Waals surface area (Å²) in [5.74, 6) is -2.37. The Kier molecular flexibility index (Phi) is 29.4. The van der Waals surface area contributed by atoms with Gasteiger partial charge in [-0.05, 0) is 52.9 Å². The Morgan fingerprint density at radius 3 is 1.78 bits per heavy atom. The van der Waals surface area contributed by atoms with Gasteiger partial charge in [-0.3, -0.25) is 14.4 Å². The van der Waals surface area contributed by atoms with Crippen LogP contribution in [0.2, 0.25) is 0 Å². The summed E-state index contributed by atoms with van der Waals surface area (Å²) in [7, 11) is 0. The van der Waals surface area contributed by atoms with Crippen LogP contribution in [0.15, 0.2) is 0 Å². The van der Waals surface area contributed by atoms with Crippen molar-refractivity contribution < 1.29 is 102 Å². The molecule has 0 saturated carbocycles. The molecule has 5 heterocycles. The van der Waals surface area contributed by atoms with Crippen LogP contribution >= 0.6 is 0 Å². The molecule has 0 aromatic carbocycles. The first kappa shape index (κ1) is 66.6. The maximum absolute atomic E-state index is 13.7. The highest BCUT2D eigenvalue weighted by Gasteiger charge is 2.57. The summed E-state index contributed by atoms with van der Waals surface area (Å²) in [6.07, 6.45) is -10.1. The minimum absolute atomic E-state index is 0.00894. The monoisotopic (exact) mass is 1120 g/mol. The van der Waals surface area contributed by atoms with Gasteiger partial charge in [0, 0.05) is 12.8 Å². The topological polar surface area (TPSA) is 294 Å². The summed E-state index contributed by atoms with van der Waals surface area (Å²) in [6, 6.07) is 0. The second-order valence-electron chi connectivity index (χ2n) is 22.6. The summed E-state index contributed by atoms with van der Waals surface area (Å²) in [6.45, 7) is 11.8. The molecule has 0 radical (unpaired) electrons. The average molecular weight is 1120 g/mol. The molecule has 22 atom stereocenters. The lowest BCUT2D eigenvalue weighted by Gasteiger charge is -2.49. The lowest BCUT2D eigenvalue weighted by Crippen LogP contribution is -2.67. The molecule has 7 N–H and O–H groups in total. The first-order valence-corrected chi connectivity index (χ1v) is 30.0. The summed E-state index contributed by atoms with van der Waals surface area (Å²) in [4.78, 5) is 40.2. The number of esters is 3. The molecular weight excluding hydrogens is 1020 g/mol. The number of hydrogen-bond acceptors (Lipinski definition) is 21. The number of unbranched alkanes of at least 4 members (excludes halogenated alkanes) is 10. The van der Waals surface area contributed by atoms with Crippen molar-refractivity contribution in [2.24, 2.45) is 5.92 Å². The van der Waals surface area contributed by atoms with Crippen molar-refractivity contribution in [1.29, 1.82) is 0 Å². The van der Waals surface area contributed by atoms with E-state index in [1.54, 1.807) is 27.7 Å². The molecule has 5 fully saturated rings. The summed E-state index contributed by atoms with van der Waals surface area (Å²) >= 11 is 0. The van der Waals surface area contributed by atoms with Gasteiger partial charge in [0.05, 0.1) is 36.9 Å². The molecule has 5 saturated heterocycles. The van der Waals surface area contributed by atoms with E-state index in [1.807, 2.05) is 6.92 Å². The highest BCUT2D eigenvalue weighted by Crippen LogP contribution is 2.37. The molecule has 5 aliphatic rings. The van der Waals surface area contributed by atoms with Crippen molar-refractivity contribution in [3.05, 3.63) is 0 Å². The fourth-order valence-corrected chi connectivity index (χ4v) is 10.9. The molecule has 78 heavy (non-hydrogen) atoms. The van der Waals surface area contributed by atoms with Crippen LogP contribution in [0.25, 0.3) is 0 Å². The van der Waals surface area contributed by atoms with E-state index in [9.17, 15) is 50.1 Å². The molecule has 0 aromatic heterocycles. The number of aliphatic hydroxyl groups excluding tert-OH is 7. The van der Waals surface area contributed by atoms with Crippen LogP contribution in [0.1, 0.15) is 203 Å². The molecule has 0 spiro atoms. The predicted molar refractivity (Wildman–Crippen MR) is 281 cm³/mol. The Labute approximate surface area is 462 Å². The highest BCUT2D eigenvalue weighted by atomic mass is 16.8. The van der Waals surface area contributed by atoms with Crippen LogP contribution in [0.5, 0.6) is 0 Å². The standard InChI is InChI=1S/C57H100O21/c1-8-11-13-14-15-16-19-22-26-30-39(59)73-50-45(65)55(69-35(6)48(50)76-54-44(64)43(63)47(34(5)68-54)75-53(67)33(4)10-3)77-49-36(7)70-56-46(66)51(49)74-40(60)31-27-23-20-17-18-21-25-29-37(28-24-12-9-2)71-57-52(78-56)42(62)41(61)38(32-58)72-57/h33-38,41-52,54-58,61-66H,8-32H2,1-7H3/t33-,34-,35-,36-,37-,38+,41-,42-,43-,44+,45+,46+,47-,48-,49-,50-,51-,52+,54-,55-,56-,57+/m0/s1. The van der Waals surface area contributed by atoms with E-state index in [0.29, 0.717) is 32.1 Å². The van der Waals surface area contributed by atoms with Crippen molar-refractivity contribution in [1.82, 2.24) is 0 Å². The summed E-state index contributed by atoms with van der Waals surface area (Å²) < 4.78 is 67.9. The number of aliphatic hydroxyl groups is 7. The van der Waals surface area contributed by atoms with Crippen molar-refractivity contribution in [3.63, 3.8) is 0 Å². The van der Waals surface area contributed by atoms with Gasteiger partial charge in [0.25, 0.3) is 0 Å². The Morgan fingerprint density at radius 1 is 0.551 bits per heavy atom. The maximum Gasteiger partial charge on any atom is 0.309 e. The third-order valence-electron chi connectivity index (χ3n) is 16.1. The Bertz CT molecular complexity index is 1710. The SMILES string of the molecule is CCCCCCCCCCCC(=O)O[C@H]1[C@@H](O)[C@H](O[C@@H]2[C@H]3OC(=O)CCCCCCCCC[C@H](CCCCC)O[C@@H]4O[C@H](CO)[C@H](O)[C@H](O)[C@H]4O[C@H](O[C@H]2C)[C@@H]3O)O[C@@H](C)[C@@H]1O[C@@H]1O[C@@H](C)[C@H](OC(=O)[C@@H](C)CC)[C@@H](O)[C@H]1O. The van der Waals surface area contributed by atoms with E-state index in [4.69, 9.17) is 52.1 Å². The van der Waals surface area contributed by atoms with Crippen molar-refractivity contribution in [2.75, 3.05) is 6.61 Å². The molecule has 21 nitrogen and oxygen atoms in total. The first-order chi connectivity index (χ1) is 37.4. The fraction of sp³-hybridized carbons (Fsp3) is 0.947. The second-order valence-corrected chi connectivity index (χ2v) is 22.6. The smallest absolute Gasteiger partial charge is 0.309 e. The van der Waals surface area contributed by atoms with E-state index < -0.39 is 153 Å². The third kappa shape index (κ3) is 19.5. The van der Waals surface area contributed by atoms with E-state index in [2.05, 4.69) is 13.8 Å². The lowest BCUT2D eigenvalue weighted by molar-refractivity contribution is -0.388. The van der Waals surface area contributed by atoms with Gasteiger partial charge in [0.2, 0.25) is 0 Å². The van der Waals surface area contributed by atoms with Crippen molar-refractivity contribution in [3.8, 4) is 0 Å². The molecule has 5 rings (SSSR count). The zero-order chi connectivity index (χ0) is 56.9. The largest absolute Gasteiger partial charge is 0.457 e. The van der Waals surface area contributed by atoms with E-state index in [1.165, 1.54) is 12.8 Å². The zero-order valence-electron chi connectivity index (χ0n) is 47.7. The molecule has 0 aromatic rings. The second kappa shape index (κ2) is 34.4. The Balaban J connectivity index is 1.39. The molecule has 0 aliphatic carbocycles. The zero-order valence-corrected chi connectivity index (χ0v) is 47.7. The maximum atomic E-state index is 13.7. The molecule has 0 amide bonds. The van der Waals surface area contributed by atoms with Crippen molar-refractivity contribution in [2.45, 2.75) is 331 Å². The third-order valence-corrected chi connectivity index (χ3v) is 16.1. The predicted octanol–water partition coefficient (Wildman–Crippen LogP) is 5.45. The fourth-order valence-electron chi connectivity index (χ4n) is 10.9. The molecule has 454 valence electrons. The van der Waals surface area contributed by atoms with Gasteiger partial charge in [-0.2, -0.15) is 0 Å². The first-order valence-electron chi connectivity index (χ1n) is 30.0. The van der Waals surface area contributed by atoms with Gasteiger partial charge in [-0.1, -0.05) is 137 Å². The average Bonchev–Trinajstić information content (AvgIpc) is 3.52. The van der Waals surface area contributed by atoms with Crippen LogP contribution in [0.4, 0.5) is 0 Å². The van der Waals surface area contributed by atoms with Gasteiger partial charge in [0.15, 0.2) is 43.5 Å². The number of carbonyl (C=O) groups is 3. The Hall–Kier alpha value is -2.19. The van der Waals surface area contributed by atoms with Gasteiger partial charge >= 0.3 is 17.9 Å². The number of hydrogen-bond donors (Lipinski definition) is 7. The molecule has 0 unspecified atom stereocenters. The Morgan fingerprint density at radius 2 is 1.13 bits per heavy atom.